The summed E-state index contributed by atoms with van der Waals surface area (Å²) in [4.78, 5) is 10.6. The van der Waals surface area contributed by atoms with Crippen LogP contribution in [0.1, 0.15) is 5.56 Å². The third-order valence-electron chi connectivity index (χ3n) is 4.61. The Labute approximate surface area is 159 Å². The summed E-state index contributed by atoms with van der Waals surface area (Å²) in [5.41, 5.74) is 3.77. The molecule has 3 aromatic rings. The quantitative estimate of drug-likeness (QED) is 0.697. The standard InChI is InChI=1S/C22H23N3O2/c1-2-4-19(5-3-1)20-8-6-18(7-9-20)15-25-12-13-26-17-21(16-25)27-22-14-23-10-11-24-22/h1-11,14,21H,12-13,15-17H2. The Hall–Kier alpha value is -2.76. The summed E-state index contributed by atoms with van der Waals surface area (Å²) in [5, 5.41) is 0. The summed E-state index contributed by atoms with van der Waals surface area (Å²) in [6.07, 6.45) is 4.87. The van der Waals surface area contributed by atoms with Crippen LogP contribution in [0.25, 0.3) is 11.1 Å². The summed E-state index contributed by atoms with van der Waals surface area (Å²) >= 11 is 0. The molecule has 5 nitrogen and oxygen atoms in total. The lowest BCUT2D eigenvalue weighted by Crippen LogP contribution is -2.35. The lowest BCUT2D eigenvalue weighted by atomic mass is 10.0. The average Bonchev–Trinajstić information content (AvgIpc) is 2.95. The highest BCUT2D eigenvalue weighted by Crippen LogP contribution is 2.20. The minimum Gasteiger partial charge on any atom is -0.469 e. The molecule has 0 saturated carbocycles. The fourth-order valence-electron chi connectivity index (χ4n) is 3.26. The maximum absolute atomic E-state index is 5.94. The van der Waals surface area contributed by atoms with Crippen molar-refractivity contribution in [1.29, 1.82) is 0 Å². The van der Waals surface area contributed by atoms with Crippen LogP contribution in [0.5, 0.6) is 5.88 Å². The molecule has 1 atom stereocenters. The zero-order chi connectivity index (χ0) is 18.3. The van der Waals surface area contributed by atoms with E-state index in [2.05, 4.69) is 63.4 Å². The van der Waals surface area contributed by atoms with E-state index in [1.807, 2.05) is 6.07 Å². The van der Waals surface area contributed by atoms with Gasteiger partial charge >= 0.3 is 0 Å². The van der Waals surface area contributed by atoms with Crippen molar-refractivity contribution < 1.29 is 9.47 Å². The Balaban J connectivity index is 1.39. The maximum Gasteiger partial charge on any atom is 0.232 e. The normalized spacial score (nSPS) is 18.0. The zero-order valence-electron chi connectivity index (χ0n) is 15.2. The van der Waals surface area contributed by atoms with Gasteiger partial charge in [-0.05, 0) is 16.7 Å². The number of rotatable bonds is 5. The third kappa shape index (κ3) is 4.90. The molecule has 0 aliphatic carbocycles. The molecule has 0 radical (unpaired) electrons. The van der Waals surface area contributed by atoms with Crippen molar-refractivity contribution in [1.82, 2.24) is 14.9 Å². The van der Waals surface area contributed by atoms with E-state index in [0.717, 1.165) is 19.6 Å². The van der Waals surface area contributed by atoms with Crippen LogP contribution < -0.4 is 4.74 Å². The highest BCUT2D eigenvalue weighted by atomic mass is 16.5. The largest absolute Gasteiger partial charge is 0.469 e. The first-order valence-corrected chi connectivity index (χ1v) is 9.24. The van der Waals surface area contributed by atoms with Gasteiger partial charge in [-0.25, -0.2) is 4.98 Å². The topological polar surface area (TPSA) is 47.5 Å². The number of hydrogen-bond donors (Lipinski definition) is 0. The smallest absolute Gasteiger partial charge is 0.232 e. The van der Waals surface area contributed by atoms with Gasteiger partial charge in [-0.2, -0.15) is 0 Å². The van der Waals surface area contributed by atoms with Crippen molar-refractivity contribution in [2.45, 2.75) is 12.6 Å². The van der Waals surface area contributed by atoms with Crippen LogP contribution in [0.15, 0.2) is 73.2 Å². The van der Waals surface area contributed by atoms with Crippen LogP contribution in [0.4, 0.5) is 0 Å². The molecule has 2 aromatic carbocycles. The maximum atomic E-state index is 5.94. The van der Waals surface area contributed by atoms with Crippen molar-refractivity contribution >= 4 is 0 Å². The van der Waals surface area contributed by atoms with Gasteiger partial charge in [0.05, 0.1) is 19.4 Å². The van der Waals surface area contributed by atoms with E-state index in [-0.39, 0.29) is 6.10 Å². The molecule has 27 heavy (non-hydrogen) atoms. The van der Waals surface area contributed by atoms with Gasteiger partial charge in [-0.1, -0.05) is 54.6 Å². The Morgan fingerprint density at radius 3 is 2.59 bits per heavy atom. The first kappa shape index (κ1) is 17.6. The van der Waals surface area contributed by atoms with Gasteiger partial charge in [-0.3, -0.25) is 9.88 Å². The molecule has 0 bridgehead atoms. The number of hydrogen-bond acceptors (Lipinski definition) is 5. The lowest BCUT2D eigenvalue weighted by molar-refractivity contribution is 0.0681. The lowest BCUT2D eigenvalue weighted by Gasteiger charge is -2.23. The van der Waals surface area contributed by atoms with Crippen LogP contribution in [-0.4, -0.2) is 47.3 Å². The van der Waals surface area contributed by atoms with Crippen LogP contribution in [0.2, 0.25) is 0 Å². The van der Waals surface area contributed by atoms with E-state index in [0.29, 0.717) is 19.1 Å². The first-order chi connectivity index (χ1) is 13.4. The summed E-state index contributed by atoms with van der Waals surface area (Å²) in [5.74, 6) is 0.542. The molecule has 0 N–H and O–H groups in total. The van der Waals surface area contributed by atoms with Crippen molar-refractivity contribution in [2.75, 3.05) is 26.3 Å². The molecule has 5 heteroatoms. The molecule has 1 aliphatic rings. The molecule has 1 saturated heterocycles. The predicted molar refractivity (Wildman–Crippen MR) is 104 cm³/mol. The van der Waals surface area contributed by atoms with Crippen LogP contribution in [0.3, 0.4) is 0 Å². The molecular weight excluding hydrogens is 338 g/mol. The van der Waals surface area contributed by atoms with Gasteiger partial charge in [-0.15, -0.1) is 0 Å². The Bertz CT molecular complexity index is 825. The summed E-state index contributed by atoms with van der Waals surface area (Å²) in [6.45, 7) is 3.85. The molecule has 1 aliphatic heterocycles. The van der Waals surface area contributed by atoms with Gasteiger partial charge < -0.3 is 9.47 Å². The molecular formula is C22H23N3O2. The summed E-state index contributed by atoms with van der Waals surface area (Å²) in [6, 6.07) is 19.2. The predicted octanol–water partition coefficient (Wildman–Crippen LogP) is 3.42. The Kier molecular flexibility index (Phi) is 5.72. The second-order valence-electron chi connectivity index (χ2n) is 6.66. The minimum absolute atomic E-state index is 0.0483. The van der Waals surface area contributed by atoms with Gasteiger partial charge in [0.2, 0.25) is 5.88 Å². The molecule has 2 heterocycles. The number of aromatic nitrogens is 2. The molecule has 1 aromatic heterocycles. The van der Waals surface area contributed by atoms with E-state index in [4.69, 9.17) is 9.47 Å². The van der Waals surface area contributed by atoms with E-state index in [1.54, 1.807) is 18.6 Å². The van der Waals surface area contributed by atoms with Crippen molar-refractivity contribution in [3.05, 3.63) is 78.8 Å². The molecule has 1 fully saturated rings. The Morgan fingerprint density at radius 1 is 1.00 bits per heavy atom. The van der Waals surface area contributed by atoms with Crippen molar-refractivity contribution in [3.8, 4) is 17.0 Å². The van der Waals surface area contributed by atoms with Crippen molar-refractivity contribution in [3.63, 3.8) is 0 Å². The fourth-order valence-corrected chi connectivity index (χ4v) is 3.26. The zero-order valence-corrected chi connectivity index (χ0v) is 15.2. The van der Waals surface area contributed by atoms with E-state index in [9.17, 15) is 0 Å². The summed E-state index contributed by atoms with van der Waals surface area (Å²) in [7, 11) is 0. The van der Waals surface area contributed by atoms with Crippen LogP contribution in [-0.2, 0) is 11.3 Å². The second-order valence-corrected chi connectivity index (χ2v) is 6.66. The first-order valence-electron chi connectivity index (χ1n) is 9.24. The average molecular weight is 361 g/mol. The highest BCUT2D eigenvalue weighted by molar-refractivity contribution is 5.63. The third-order valence-corrected chi connectivity index (χ3v) is 4.61. The number of nitrogens with zero attached hydrogens (tertiary/aromatic N) is 3. The second kappa shape index (κ2) is 8.75. The fraction of sp³-hybridized carbons (Fsp3) is 0.273. The van der Waals surface area contributed by atoms with E-state index < -0.39 is 0 Å². The van der Waals surface area contributed by atoms with Gasteiger partial charge in [0.1, 0.15) is 6.10 Å². The molecule has 0 spiro atoms. The van der Waals surface area contributed by atoms with Gasteiger partial charge in [0.25, 0.3) is 0 Å². The molecule has 0 amide bonds. The number of benzene rings is 2. The van der Waals surface area contributed by atoms with Gasteiger partial charge in [0, 0.05) is 32.0 Å². The molecule has 138 valence electrons. The monoisotopic (exact) mass is 361 g/mol. The SMILES string of the molecule is c1ccc(-c2ccc(CN3CCOCC(Oc4cnccn4)C3)cc2)cc1. The molecule has 1 unspecified atom stereocenters. The van der Waals surface area contributed by atoms with Crippen LogP contribution in [0, 0.1) is 0 Å². The summed E-state index contributed by atoms with van der Waals surface area (Å²) < 4.78 is 11.6. The van der Waals surface area contributed by atoms with E-state index in [1.165, 1.54) is 16.7 Å². The van der Waals surface area contributed by atoms with Crippen molar-refractivity contribution in [2.24, 2.45) is 0 Å². The highest BCUT2D eigenvalue weighted by Gasteiger charge is 2.20. The van der Waals surface area contributed by atoms with Gasteiger partial charge in [0.15, 0.2) is 0 Å². The number of ether oxygens (including phenoxy) is 2. The molecule has 4 rings (SSSR count). The minimum atomic E-state index is -0.0483. The van der Waals surface area contributed by atoms with Crippen LogP contribution >= 0.6 is 0 Å². The van der Waals surface area contributed by atoms with E-state index >= 15 is 0 Å². The Morgan fingerprint density at radius 2 is 1.81 bits per heavy atom.